The largest absolute Gasteiger partial charge is 0.357 e. The van der Waals surface area contributed by atoms with E-state index in [9.17, 15) is 4.79 Å². The Morgan fingerprint density at radius 2 is 2.08 bits per heavy atom. The van der Waals surface area contributed by atoms with Gasteiger partial charge < -0.3 is 16.0 Å². The number of aliphatic imine (C=N–C) groups is 1. The molecule has 1 aliphatic carbocycles. The van der Waals surface area contributed by atoms with Gasteiger partial charge >= 0.3 is 0 Å². The van der Waals surface area contributed by atoms with Gasteiger partial charge in [-0.2, -0.15) is 0 Å². The summed E-state index contributed by atoms with van der Waals surface area (Å²) in [4.78, 5) is 22.3. The summed E-state index contributed by atoms with van der Waals surface area (Å²) in [6, 6.07) is 0.390. The first-order valence-corrected chi connectivity index (χ1v) is 10.3. The first kappa shape index (κ1) is 23.1. The minimum absolute atomic E-state index is 0. The predicted octanol–water partition coefficient (Wildman–Crippen LogP) is 2.87. The molecule has 8 heteroatoms. The van der Waals surface area contributed by atoms with Crippen molar-refractivity contribution >= 4 is 47.2 Å². The highest BCUT2D eigenvalue weighted by Crippen LogP contribution is 2.17. The highest BCUT2D eigenvalue weighted by Gasteiger charge is 2.16. The summed E-state index contributed by atoms with van der Waals surface area (Å²) in [7, 11) is 0. The van der Waals surface area contributed by atoms with Crippen LogP contribution in [0.2, 0.25) is 0 Å². The molecule has 1 fully saturated rings. The summed E-state index contributed by atoms with van der Waals surface area (Å²) in [6.45, 7) is 6.28. The van der Waals surface area contributed by atoms with Crippen LogP contribution in [0.4, 0.5) is 0 Å². The van der Waals surface area contributed by atoms with Crippen molar-refractivity contribution in [2.45, 2.75) is 64.8 Å². The van der Waals surface area contributed by atoms with E-state index in [1.165, 1.54) is 17.7 Å². The first-order valence-electron chi connectivity index (χ1n) is 9.46. The van der Waals surface area contributed by atoms with E-state index in [0.29, 0.717) is 25.6 Å². The number of carbonyl (C=O) groups is 1. The Labute approximate surface area is 178 Å². The number of guanidine groups is 1. The Kier molecular flexibility index (Phi) is 11.8. The van der Waals surface area contributed by atoms with Crippen molar-refractivity contribution in [2.24, 2.45) is 4.99 Å². The smallest absolute Gasteiger partial charge is 0.221 e. The highest BCUT2D eigenvalue weighted by atomic mass is 127. The van der Waals surface area contributed by atoms with Crippen molar-refractivity contribution in [3.05, 3.63) is 16.1 Å². The minimum Gasteiger partial charge on any atom is -0.357 e. The fourth-order valence-corrected chi connectivity index (χ4v) is 3.75. The van der Waals surface area contributed by atoms with Gasteiger partial charge in [-0.15, -0.1) is 35.3 Å². The number of amides is 1. The minimum atomic E-state index is 0. The molecule has 0 unspecified atom stereocenters. The zero-order valence-electron chi connectivity index (χ0n) is 15.8. The lowest BCUT2D eigenvalue weighted by molar-refractivity contribution is -0.121. The van der Waals surface area contributed by atoms with Crippen molar-refractivity contribution < 1.29 is 4.79 Å². The Hall–Kier alpha value is -0.900. The van der Waals surface area contributed by atoms with Crippen LogP contribution in [0.3, 0.4) is 0 Å². The summed E-state index contributed by atoms with van der Waals surface area (Å²) in [5.41, 5.74) is 0. The van der Waals surface area contributed by atoms with E-state index in [0.717, 1.165) is 43.2 Å². The van der Waals surface area contributed by atoms with Gasteiger partial charge in [-0.25, -0.2) is 4.98 Å². The number of aromatic nitrogens is 1. The van der Waals surface area contributed by atoms with Crippen LogP contribution in [-0.2, 0) is 17.6 Å². The van der Waals surface area contributed by atoms with Gasteiger partial charge in [0.1, 0.15) is 0 Å². The van der Waals surface area contributed by atoms with E-state index in [1.54, 1.807) is 11.3 Å². The molecule has 1 saturated carbocycles. The molecule has 1 aromatic heterocycles. The summed E-state index contributed by atoms with van der Waals surface area (Å²) in [5.74, 6) is 0.897. The monoisotopic (exact) mass is 493 g/mol. The van der Waals surface area contributed by atoms with Crippen molar-refractivity contribution in [2.75, 3.05) is 19.6 Å². The second-order valence-corrected chi connectivity index (χ2v) is 7.51. The van der Waals surface area contributed by atoms with E-state index in [2.05, 4.69) is 32.9 Å². The third kappa shape index (κ3) is 8.66. The van der Waals surface area contributed by atoms with Gasteiger partial charge in [-0.1, -0.05) is 19.8 Å². The molecule has 1 aromatic rings. The molecule has 0 bridgehead atoms. The lowest BCUT2D eigenvalue weighted by atomic mass is 10.2. The molecule has 0 atom stereocenters. The average Bonchev–Trinajstić information content (AvgIpc) is 3.26. The molecule has 3 N–H and O–H groups in total. The third-order valence-corrected chi connectivity index (χ3v) is 5.46. The molecule has 0 spiro atoms. The number of hydrogen-bond acceptors (Lipinski definition) is 4. The van der Waals surface area contributed by atoms with Crippen LogP contribution in [0.25, 0.3) is 0 Å². The molecule has 1 heterocycles. The zero-order valence-corrected chi connectivity index (χ0v) is 19.0. The maximum atomic E-state index is 11.9. The third-order valence-electron chi connectivity index (χ3n) is 4.25. The van der Waals surface area contributed by atoms with Crippen LogP contribution in [-0.4, -0.2) is 42.5 Å². The van der Waals surface area contributed by atoms with Crippen molar-refractivity contribution in [3.8, 4) is 0 Å². The van der Waals surface area contributed by atoms with E-state index < -0.39 is 0 Å². The Bertz CT molecular complexity index is 558. The van der Waals surface area contributed by atoms with Crippen LogP contribution < -0.4 is 16.0 Å². The SMILES string of the molecule is CCNC(=NCCc1ncc(CC)s1)NCCC(=O)NC1CCCC1.I. The van der Waals surface area contributed by atoms with E-state index >= 15 is 0 Å². The van der Waals surface area contributed by atoms with Gasteiger partial charge in [0.05, 0.1) is 5.01 Å². The van der Waals surface area contributed by atoms with E-state index in [1.807, 2.05) is 13.1 Å². The number of carbonyl (C=O) groups excluding carboxylic acids is 1. The molecule has 26 heavy (non-hydrogen) atoms. The summed E-state index contributed by atoms with van der Waals surface area (Å²) >= 11 is 1.76. The fourth-order valence-electron chi connectivity index (χ4n) is 2.90. The maximum absolute atomic E-state index is 11.9. The van der Waals surface area contributed by atoms with E-state index in [-0.39, 0.29) is 29.9 Å². The molecular weight excluding hydrogens is 461 g/mol. The first-order chi connectivity index (χ1) is 12.2. The molecule has 0 aliphatic heterocycles. The molecule has 0 radical (unpaired) electrons. The Morgan fingerprint density at radius 3 is 2.73 bits per heavy atom. The van der Waals surface area contributed by atoms with Crippen LogP contribution in [0, 0.1) is 0 Å². The number of nitrogens with zero attached hydrogens (tertiary/aromatic N) is 2. The van der Waals surface area contributed by atoms with Gasteiger partial charge in [0, 0.05) is 49.6 Å². The number of nitrogens with one attached hydrogen (secondary N) is 3. The second kappa shape index (κ2) is 13.3. The fraction of sp³-hybridized carbons (Fsp3) is 0.722. The molecular formula is C18H32IN5OS. The number of thiazole rings is 1. The maximum Gasteiger partial charge on any atom is 0.221 e. The van der Waals surface area contributed by atoms with E-state index in [4.69, 9.17) is 0 Å². The van der Waals surface area contributed by atoms with Gasteiger partial charge in [0.25, 0.3) is 0 Å². The molecule has 6 nitrogen and oxygen atoms in total. The molecule has 0 aromatic carbocycles. The number of rotatable bonds is 9. The van der Waals surface area contributed by atoms with Crippen LogP contribution in [0.5, 0.6) is 0 Å². The van der Waals surface area contributed by atoms with Gasteiger partial charge in [-0.3, -0.25) is 9.79 Å². The Balaban J connectivity index is 0.00000338. The molecule has 2 rings (SSSR count). The Morgan fingerprint density at radius 1 is 1.31 bits per heavy atom. The van der Waals surface area contributed by atoms with Crippen LogP contribution in [0.1, 0.15) is 55.8 Å². The number of halogens is 1. The standard InChI is InChI=1S/C18H31N5OS.HI/c1-3-15-13-22-17(25-15)10-12-21-18(19-4-2)20-11-9-16(24)23-14-7-5-6-8-14;/h13-14H,3-12H2,1-2H3,(H,23,24)(H2,19,20,21);1H. The summed E-state index contributed by atoms with van der Waals surface area (Å²) in [5, 5.41) is 10.7. The van der Waals surface area contributed by atoms with Crippen molar-refractivity contribution in [3.63, 3.8) is 0 Å². The lowest BCUT2D eigenvalue weighted by Crippen LogP contribution is -2.40. The van der Waals surface area contributed by atoms with Crippen LogP contribution >= 0.6 is 35.3 Å². The van der Waals surface area contributed by atoms with Gasteiger partial charge in [-0.05, 0) is 26.2 Å². The topological polar surface area (TPSA) is 78.4 Å². The van der Waals surface area contributed by atoms with Crippen molar-refractivity contribution in [1.82, 2.24) is 20.9 Å². The number of aryl methyl sites for hydroxylation is 1. The second-order valence-electron chi connectivity index (χ2n) is 6.31. The van der Waals surface area contributed by atoms with Crippen LogP contribution in [0.15, 0.2) is 11.2 Å². The predicted molar refractivity (Wildman–Crippen MR) is 120 cm³/mol. The zero-order chi connectivity index (χ0) is 17.9. The molecule has 0 saturated heterocycles. The quantitative estimate of drug-likeness (QED) is 0.281. The molecule has 148 valence electrons. The average molecular weight is 493 g/mol. The highest BCUT2D eigenvalue weighted by molar-refractivity contribution is 14.0. The molecule has 1 aliphatic rings. The normalized spacial score (nSPS) is 14.8. The van der Waals surface area contributed by atoms with Gasteiger partial charge in [0.15, 0.2) is 5.96 Å². The lowest BCUT2D eigenvalue weighted by Gasteiger charge is -2.13. The van der Waals surface area contributed by atoms with Crippen molar-refractivity contribution in [1.29, 1.82) is 0 Å². The summed E-state index contributed by atoms with van der Waals surface area (Å²) in [6.07, 6.45) is 9.04. The summed E-state index contributed by atoms with van der Waals surface area (Å²) < 4.78 is 0. The molecule has 1 amide bonds. The number of hydrogen-bond donors (Lipinski definition) is 3. The van der Waals surface area contributed by atoms with Gasteiger partial charge in [0.2, 0.25) is 5.91 Å².